The summed E-state index contributed by atoms with van der Waals surface area (Å²) in [5.41, 5.74) is 0. The van der Waals surface area contributed by atoms with Gasteiger partial charge < -0.3 is 4.74 Å². The molecule has 0 amide bonds. The summed E-state index contributed by atoms with van der Waals surface area (Å²) in [4.78, 5) is 22.2. The summed E-state index contributed by atoms with van der Waals surface area (Å²) in [5, 5.41) is 0.0393. The van der Waals surface area contributed by atoms with E-state index in [9.17, 15) is 9.59 Å². The van der Waals surface area contributed by atoms with E-state index in [1.807, 2.05) is 0 Å². The number of hydrogen-bond acceptors (Lipinski definition) is 4. The van der Waals surface area contributed by atoms with Gasteiger partial charge in [0.1, 0.15) is 0 Å². The number of carbonyl (C=O) groups excluding carboxylic acids is 2. The summed E-state index contributed by atoms with van der Waals surface area (Å²) in [5.74, 6) is 10.8. The van der Waals surface area contributed by atoms with Crippen LogP contribution in [0.15, 0.2) is 12.7 Å². The van der Waals surface area contributed by atoms with Crippen LogP contribution in [0.4, 0.5) is 0 Å². The Morgan fingerprint density at radius 2 is 1.64 bits per heavy atom. The summed E-state index contributed by atoms with van der Waals surface area (Å²) in [6.07, 6.45) is 10.4. The molecule has 0 fully saturated rings. The van der Waals surface area contributed by atoms with E-state index in [2.05, 4.69) is 37.2 Å². The van der Waals surface area contributed by atoms with Gasteiger partial charge in [0.15, 0.2) is 11.2 Å². The molecule has 138 valence electrons. The monoisotopic (exact) mass is 362 g/mol. The predicted molar refractivity (Wildman–Crippen MR) is 106 cm³/mol. The Morgan fingerprint density at radius 3 is 2.20 bits per heavy atom. The molecule has 0 aromatic carbocycles. The molecule has 4 heteroatoms. The van der Waals surface area contributed by atoms with Gasteiger partial charge in [-0.25, -0.2) is 0 Å². The zero-order valence-electron chi connectivity index (χ0n) is 15.7. The van der Waals surface area contributed by atoms with Crippen molar-refractivity contribution in [2.45, 2.75) is 83.5 Å². The van der Waals surface area contributed by atoms with Crippen molar-refractivity contribution < 1.29 is 14.3 Å². The molecule has 0 aliphatic carbocycles. The first-order chi connectivity index (χ1) is 12.0. The fraction of sp³-hybridized carbons (Fsp3) is 0.619. The van der Waals surface area contributed by atoms with Crippen LogP contribution >= 0.6 is 11.8 Å². The Bertz CT molecular complexity index is 531. The quantitative estimate of drug-likeness (QED) is 0.227. The number of carbonyl (C=O) groups is 2. The molecule has 0 saturated carbocycles. The fourth-order valence-corrected chi connectivity index (χ4v) is 2.99. The largest absolute Gasteiger partial charge is 0.445 e. The van der Waals surface area contributed by atoms with Gasteiger partial charge in [0.05, 0.1) is 5.25 Å². The molecule has 3 nitrogen and oxygen atoms in total. The third-order valence-corrected chi connectivity index (χ3v) is 4.37. The normalized spacial score (nSPS) is 12.0. The highest BCUT2D eigenvalue weighted by Crippen LogP contribution is 2.18. The molecular formula is C21H30O3S. The highest BCUT2D eigenvalue weighted by Gasteiger charge is 2.08. The summed E-state index contributed by atoms with van der Waals surface area (Å²) >= 11 is 1.26. The number of esters is 1. The molecule has 0 bridgehead atoms. The van der Waals surface area contributed by atoms with Crippen LogP contribution in [0, 0.1) is 23.7 Å². The molecule has 25 heavy (non-hydrogen) atoms. The lowest BCUT2D eigenvalue weighted by molar-refractivity contribution is -0.142. The van der Waals surface area contributed by atoms with Crippen LogP contribution in [0.3, 0.4) is 0 Å². The molecule has 0 aromatic rings. The Balaban J connectivity index is 4.38. The van der Waals surface area contributed by atoms with E-state index in [0.29, 0.717) is 0 Å². The van der Waals surface area contributed by atoms with Crippen molar-refractivity contribution >= 4 is 22.8 Å². The molecule has 0 radical (unpaired) electrons. The molecule has 2 unspecified atom stereocenters. The fourth-order valence-electron chi connectivity index (χ4n) is 2.19. The van der Waals surface area contributed by atoms with Crippen LogP contribution < -0.4 is 0 Å². The van der Waals surface area contributed by atoms with Crippen LogP contribution in [0.25, 0.3) is 0 Å². The van der Waals surface area contributed by atoms with Gasteiger partial charge in [0.2, 0.25) is 0 Å². The van der Waals surface area contributed by atoms with Gasteiger partial charge in [0, 0.05) is 13.8 Å². The summed E-state index contributed by atoms with van der Waals surface area (Å²) in [6, 6.07) is 0. The maximum atomic E-state index is 11.4. The maximum Gasteiger partial charge on any atom is 0.304 e. The molecule has 0 N–H and O–H groups in total. The molecule has 0 aliphatic rings. The van der Waals surface area contributed by atoms with Crippen molar-refractivity contribution in [3.8, 4) is 23.7 Å². The lowest BCUT2D eigenvalue weighted by Gasteiger charge is -2.07. The zero-order valence-corrected chi connectivity index (χ0v) is 16.5. The van der Waals surface area contributed by atoms with E-state index in [1.165, 1.54) is 63.3 Å². The number of thioether (sulfide) groups is 1. The Hall–Kier alpha value is -1.65. The van der Waals surface area contributed by atoms with Crippen molar-refractivity contribution in [2.75, 3.05) is 0 Å². The first kappa shape index (κ1) is 23.4. The van der Waals surface area contributed by atoms with Gasteiger partial charge in [-0.1, -0.05) is 76.1 Å². The van der Waals surface area contributed by atoms with Gasteiger partial charge in [-0.05, 0) is 30.3 Å². The van der Waals surface area contributed by atoms with Crippen molar-refractivity contribution in [1.82, 2.24) is 0 Å². The predicted octanol–water partition coefficient (Wildman–Crippen LogP) is 4.90. The Labute approximate surface area is 157 Å². The molecule has 0 aromatic heterocycles. The van der Waals surface area contributed by atoms with Crippen molar-refractivity contribution in [3.05, 3.63) is 12.7 Å². The maximum absolute atomic E-state index is 11.4. The lowest BCUT2D eigenvalue weighted by atomic mass is 10.1. The third-order valence-electron chi connectivity index (χ3n) is 3.40. The lowest BCUT2D eigenvalue weighted by Crippen LogP contribution is -2.10. The van der Waals surface area contributed by atoms with Crippen molar-refractivity contribution in [1.29, 1.82) is 0 Å². The molecule has 0 spiro atoms. The number of unbranched alkanes of at least 4 members (excludes halogenated alkanes) is 6. The third kappa shape index (κ3) is 15.6. The SMILES string of the molecule is C=CC(C#CC#CC(CCCCCCCCC)SC(C)=O)OC(C)=O. The van der Waals surface area contributed by atoms with E-state index < -0.39 is 12.1 Å². The first-order valence-electron chi connectivity index (χ1n) is 8.97. The Morgan fingerprint density at radius 1 is 1.04 bits per heavy atom. The highest BCUT2D eigenvalue weighted by molar-refractivity contribution is 8.14. The second-order valence-corrected chi connectivity index (χ2v) is 7.19. The second kappa shape index (κ2) is 15.9. The Kier molecular flexibility index (Phi) is 14.8. The average Bonchev–Trinajstić information content (AvgIpc) is 2.55. The van der Waals surface area contributed by atoms with Crippen LogP contribution in [0.1, 0.15) is 72.1 Å². The van der Waals surface area contributed by atoms with Crippen LogP contribution in [0.2, 0.25) is 0 Å². The van der Waals surface area contributed by atoms with Gasteiger partial charge in [0.25, 0.3) is 0 Å². The summed E-state index contributed by atoms with van der Waals surface area (Å²) in [6.45, 7) is 8.67. The van der Waals surface area contributed by atoms with Crippen molar-refractivity contribution in [2.24, 2.45) is 0 Å². The molecular weight excluding hydrogens is 332 g/mol. The molecule has 0 heterocycles. The zero-order chi connectivity index (χ0) is 18.9. The topological polar surface area (TPSA) is 43.4 Å². The number of ether oxygens (including phenoxy) is 1. The minimum Gasteiger partial charge on any atom is -0.445 e. The standard InChI is InChI=1S/C21H30O3S/c1-5-7-8-9-10-11-12-16-21(25-19(4)23)17-14-13-15-20(6-2)24-18(3)22/h6,20-21H,2,5,7-12,16H2,1,3-4H3. The average molecular weight is 363 g/mol. The summed E-state index contributed by atoms with van der Waals surface area (Å²) < 4.78 is 4.93. The minimum atomic E-state index is -0.645. The molecule has 2 atom stereocenters. The highest BCUT2D eigenvalue weighted by atomic mass is 32.2. The van der Waals surface area contributed by atoms with E-state index in [0.717, 1.165) is 12.8 Å². The van der Waals surface area contributed by atoms with E-state index >= 15 is 0 Å². The smallest absolute Gasteiger partial charge is 0.304 e. The minimum absolute atomic E-state index is 0.0293. The van der Waals surface area contributed by atoms with Gasteiger partial charge in [-0.3, -0.25) is 9.59 Å². The second-order valence-electron chi connectivity index (χ2n) is 5.81. The number of hydrogen-bond donors (Lipinski definition) is 0. The molecule has 0 saturated heterocycles. The van der Waals surface area contributed by atoms with Crippen LogP contribution in [-0.4, -0.2) is 22.4 Å². The van der Waals surface area contributed by atoms with Gasteiger partial charge in [-0.2, -0.15) is 0 Å². The summed E-state index contributed by atoms with van der Waals surface area (Å²) in [7, 11) is 0. The number of rotatable bonds is 11. The van der Waals surface area contributed by atoms with E-state index in [-0.39, 0.29) is 10.4 Å². The molecule has 0 rings (SSSR count). The van der Waals surface area contributed by atoms with Gasteiger partial charge in [-0.15, -0.1) is 0 Å². The van der Waals surface area contributed by atoms with E-state index in [4.69, 9.17) is 4.74 Å². The van der Waals surface area contributed by atoms with Gasteiger partial charge >= 0.3 is 5.97 Å². The van der Waals surface area contributed by atoms with Crippen LogP contribution in [-0.2, 0) is 14.3 Å². The van der Waals surface area contributed by atoms with Crippen LogP contribution in [0.5, 0.6) is 0 Å². The first-order valence-corrected chi connectivity index (χ1v) is 9.85. The van der Waals surface area contributed by atoms with Crippen molar-refractivity contribution in [3.63, 3.8) is 0 Å². The van der Waals surface area contributed by atoms with E-state index in [1.54, 1.807) is 6.92 Å². The molecule has 0 aliphatic heterocycles.